The second kappa shape index (κ2) is 3.45. The Morgan fingerprint density at radius 2 is 2.24 bits per heavy atom. The Labute approximate surface area is 99.6 Å². The summed E-state index contributed by atoms with van der Waals surface area (Å²) < 4.78 is 0. The van der Waals surface area contributed by atoms with Crippen LogP contribution in [0.1, 0.15) is 32.6 Å². The number of β-lactam (4-membered cyclic amide) rings is 1. The van der Waals surface area contributed by atoms with Crippen LogP contribution in [0.2, 0.25) is 0 Å². The van der Waals surface area contributed by atoms with Gasteiger partial charge in [-0.05, 0) is 31.8 Å². The first-order chi connectivity index (χ1) is 8.16. The Kier molecular flexibility index (Phi) is 2.15. The van der Waals surface area contributed by atoms with Crippen molar-refractivity contribution in [3.63, 3.8) is 0 Å². The Hall–Kier alpha value is -1.58. The van der Waals surface area contributed by atoms with Crippen LogP contribution in [0.3, 0.4) is 0 Å². The van der Waals surface area contributed by atoms with E-state index in [1.54, 1.807) is 0 Å². The smallest absolute Gasteiger partial charge is 0.352 e. The average molecular weight is 233 g/mol. The molecule has 2 heterocycles. The molecule has 1 aliphatic carbocycles. The van der Waals surface area contributed by atoms with Crippen molar-refractivity contribution in [1.29, 1.82) is 0 Å². The van der Waals surface area contributed by atoms with Crippen LogP contribution in [0.5, 0.6) is 0 Å². The highest BCUT2D eigenvalue weighted by molar-refractivity contribution is 6.09. The summed E-state index contributed by atoms with van der Waals surface area (Å²) in [6, 6.07) is 0.0221. The zero-order valence-electron chi connectivity index (χ0n) is 9.77. The maximum Gasteiger partial charge on any atom is 0.352 e. The summed E-state index contributed by atoms with van der Waals surface area (Å²) in [6.07, 6.45) is 5.86. The molecule has 17 heavy (non-hydrogen) atoms. The molecule has 1 amide bonds. The number of carbonyl (C=O) groups excluding carboxylic acids is 1. The number of nitrogens with zero attached hydrogens (tertiary/aromatic N) is 1. The summed E-state index contributed by atoms with van der Waals surface area (Å²) in [6.45, 7) is 1.85. The van der Waals surface area contributed by atoms with Gasteiger partial charge in [0.25, 0.3) is 5.91 Å². The second-order valence-corrected chi connectivity index (χ2v) is 4.90. The van der Waals surface area contributed by atoms with Crippen LogP contribution in [0.25, 0.3) is 0 Å². The Bertz CT molecular complexity index is 475. The van der Waals surface area contributed by atoms with Gasteiger partial charge in [-0.25, -0.2) is 4.79 Å². The summed E-state index contributed by atoms with van der Waals surface area (Å²) in [5.41, 5.74) is 2.07. The van der Waals surface area contributed by atoms with Crippen molar-refractivity contribution >= 4 is 11.9 Å². The van der Waals surface area contributed by atoms with Gasteiger partial charge in [0.15, 0.2) is 0 Å². The minimum Gasteiger partial charge on any atom is -0.477 e. The van der Waals surface area contributed by atoms with Crippen molar-refractivity contribution in [2.24, 2.45) is 5.92 Å². The van der Waals surface area contributed by atoms with Gasteiger partial charge in [-0.2, -0.15) is 0 Å². The summed E-state index contributed by atoms with van der Waals surface area (Å²) in [5.74, 6) is -0.798. The van der Waals surface area contributed by atoms with Crippen molar-refractivity contribution in [2.75, 3.05) is 0 Å². The van der Waals surface area contributed by atoms with Crippen LogP contribution in [0.15, 0.2) is 22.9 Å². The quantitative estimate of drug-likeness (QED) is 0.554. The number of aliphatic carboxylic acids is 1. The van der Waals surface area contributed by atoms with Gasteiger partial charge in [-0.3, -0.25) is 9.69 Å². The molecule has 3 aliphatic rings. The molecule has 2 atom stereocenters. The molecule has 0 radical (unpaired) electrons. The van der Waals surface area contributed by atoms with E-state index in [1.807, 2.05) is 13.0 Å². The van der Waals surface area contributed by atoms with Crippen LogP contribution >= 0.6 is 0 Å². The molecule has 90 valence electrons. The number of carboxylic acids is 1. The van der Waals surface area contributed by atoms with Gasteiger partial charge < -0.3 is 5.11 Å². The van der Waals surface area contributed by atoms with Crippen LogP contribution in [0.4, 0.5) is 0 Å². The Morgan fingerprint density at radius 3 is 2.88 bits per heavy atom. The van der Waals surface area contributed by atoms with Crippen molar-refractivity contribution in [2.45, 2.75) is 38.6 Å². The van der Waals surface area contributed by atoms with Crippen molar-refractivity contribution < 1.29 is 14.7 Å². The molecule has 4 nitrogen and oxygen atoms in total. The molecule has 1 saturated heterocycles. The monoisotopic (exact) mass is 233 g/mol. The number of carbonyl (C=O) groups is 2. The van der Waals surface area contributed by atoms with Crippen LogP contribution in [0, 0.1) is 5.92 Å². The molecule has 1 N–H and O–H groups in total. The fourth-order valence-corrected chi connectivity index (χ4v) is 3.47. The molecule has 2 fully saturated rings. The van der Waals surface area contributed by atoms with E-state index in [9.17, 15) is 14.7 Å². The molecule has 0 aromatic rings. The van der Waals surface area contributed by atoms with E-state index in [0.29, 0.717) is 0 Å². The van der Waals surface area contributed by atoms with E-state index in [0.717, 1.165) is 36.8 Å². The highest BCUT2D eigenvalue weighted by atomic mass is 16.4. The normalized spacial score (nSPS) is 33.6. The fraction of sp³-hybridized carbons (Fsp3) is 0.538. The van der Waals surface area contributed by atoms with E-state index < -0.39 is 5.97 Å². The predicted octanol–water partition coefficient (Wildman–Crippen LogP) is 1.69. The largest absolute Gasteiger partial charge is 0.477 e. The first-order valence-electron chi connectivity index (χ1n) is 6.13. The van der Waals surface area contributed by atoms with Crippen LogP contribution < -0.4 is 0 Å². The molecular formula is C13H15NO3. The average Bonchev–Trinajstić information content (AvgIpc) is 2.61. The third-order valence-corrected chi connectivity index (χ3v) is 4.16. The molecular weight excluding hydrogens is 218 g/mol. The lowest BCUT2D eigenvalue weighted by molar-refractivity contribution is -0.142. The van der Waals surface area contributed by atoms with Gasteiger partial charge in [0.1, 0.15) is 5.70 Å². The lowest BCUT2D eigenvalue weighted by Gasteiger charge is -2.41. The molecule has 2 aliphatic heterocycles. The maximum absolute atomic E-state index is 11.9. The summed E-state index contributed by atoms with van der Waals surface area (Å²) in [5, 5.41) is 9.28. The second-order valence-electron chi connectivity index (χ2n) is 4.90. The molecule has 1 saturated carbocycles. The Balaban J connectivity index is 2.07. The van der Waals surface area contributed by atoms with E-state index in [1.165, 1.54) is 4.90 Å². The summed E-state index contributed by atoms with van der Waals surface area (Å²) in [7, 11) is 0. The standard InChI is InChI=1S/C13H15NO3/c1-2-7-10-8-5-3-4-6-9(8)11(13(16)17)14(10)12(7)15/h2,8,10H,3-6H2,1H3,(H,16,17)/b7-2-/t8-,10+/m1/s1. The third-order valence-electron chi connectivity index (χ3n) is 4.16. The van der Waals surface area contributed by atoms with Gasteiger partial charge in [0.2, 0.25) is 0 Å². The molecule has 4 heteroatoms. The minimum absolute atomic E-state index is 0.0221. The van der Waals surface area contributed by atoms with Gasteiger partial charge in [0, 0.05) is 11.5 Å². The number of amides is 1. The maximum atomic E-state index is 11.9. The molecule has 0 aromatic carbocycles. The lowest BCUT2D eigenvalue weighted by atomic mass is 9.77. The first-order valence-corrected chi connectivity index (χ1v) is 6.13. The fourth-order valence-electron chi connectivity index (χ4n) is 3.47. The molecule has 0 unspecified atom stereocenters. The van der Waals surface area contributed by atoms with E-state index >= 15 is 0 Å². The van der Waals surface area contributed by atoms with Crippen LogP contribution in [-0.2, 0) is 9.59 Å². The topological polar surface area (TPSA) is 57.6 Å². The number of allylic oxidation sites excluding steroid dienone is 1. The lowest BCUT2D eigenvalue weighted by Crippen LogP contribution is -2.54. The summed E-state index contributed by atoms with van der Waals surface area (Å²) in [4.78, 5) is 24.7. The minimum atomic E-state index is -0.946. The van der Waals surface area contributed by atoms with E-state index in [4.69, 9.17) is 0 Å². The highest BCUT2D eigenvalue weighted by Gasteiger charge is 2.56. The summed E-state index contributed by atoms with van der Waals surface area (Å²) >= 11 is 0. The molecule has 0 aromatic heterocycles. The zero-order valence-corrected chi connectivity index (χ0v) is 9.77. The van der Waals surface area contributed by atoms with Gasteiger partial charge in [-0.1, -0.05) is 12.5 Å². The van der Waals surface area contributed by atoms with Crippen molar-refractivity contribution in [1.82, 2.24) is 4.90 Å². The number of carboxylic acid groups (broad SMARTS) is 1. The number of rotatable bonds is 1. The van der Waals surface area contributed by atoms with Gasteiger partial charge in [-0.15, -0.1) is 0 Å². The molecule has 0 spiro atoms. The third kappa shape index (κ3) is 1.18. The SMILES string of the molecule is C/C=C1\C(=O)N2C(C(=O)O)=C3CCCC[C@H]3[C@H]12. The predicted molar refractivity (Wildman–Crippen MR) is 61.0 cm³/mol. The zero-order chi connectivity index (χ0) is 12.2. The number of hydrogen-bond acceptors (Lipinski definition) is 2. The van der Waals surface area contributed by atoms with Crippen molar-refractivity contribution in [3.05, 3.63) is 22.9 Å². The molecule has 3 rings (SSSR count). The molecule has 0 bridgehead atoms. The highest BCUT2D eigenvalue weighted by Crippen LogP contribution is 2.50. The Morgan fingerprint density at radius 1 is 1.47 bits per heavy atom. The van der Waals surface area contributed by atoms with Gasteiger partial charge in [0.05, 0.1) is 6.04 Å². The van der Waals surface area contributed by atoms with Gasteiger partial charge >= 0.3 is 5.97 Å². The first kappa shape index (κ1) is 10.6. The number of hydrogen-bond donors (Lipinski definition) is 1. The number of fused-ring (bicyclic) bond motifs is 3. The van der Waals surface area contributed by atoms with Crippen molar-refractivity contribution in [3.8, 4) is 0 Å². The van der Waals surface area contributed by atoms with E-state index in [-0.39, 0.29) is 23.6 Å². The van der Waals surface area contributed by atoms with Crippen LogP contribution in [-0.4, -0.2) is 27.9 Å². The van der Waals surface area contributed by atoms with E-state index in [2.05, 4.69) is 0 Å².